The Labute approximate surface area is 72.2 Å². The second-order valence-corrected chi connectivity index (χ2v) is 3.70. The summed E-state index contributed by atoms with van der Waals surface area (Å²) in [7, 11) is 3.44. The molecular weight excluding hydrogens is 239 g/mol. The molecule has 0 atom stereocenters. The van der Waals surface area contributed by atoms with Crippen molar-refractivity contribution in [2.75, 3.05) is 0 Å². The van der Waals surface area contributed by atoms with Gasteiger partial charge >= 0.3 is 0 Å². The van der Waals surface area contributed by atoms with E-state index < -0.39 is 0 Å². The molecule has 0 amide bonds. The van der Waals surface area contributed by atoms with Crippen LogP contribution in [-0.2, 0) is 0 Å². The van der Waals surface area contributed by atoms with Crippen LogP contribution in [0.4, 0.5) is 0 Å². The molecule has 3 radical (unpaired) electrons. The van der Waals surface area contributed by atoms with Crippen LogP contribution in [0, 0.1) is 10.5 Å². The van der Waals surface area contributed by atoms with Crippen LogP contribution in [0.5, 0.6) is 0 Å². The molecule has 0 saturated heterocycles. The van der Waals surface area contributed by atoms with E-state index in [1.54, 1.807) is 0 Å². The average Bonchev–Trinajstić information content (AvgIpc) is 1.80. The molecule has 1 aromatic rings. The van der Waals surface area contributed by atoms with Crippen LogP contribution in [0.3, 0.4) is 0 Å². The van der Waals surface area contributed by atoms with Crippen molar-refractivity contribution >= 4 is 38.0 Å². The second-order valence-electron chi connectivity index (χ2n) is 1.96. The summed E-state index contributed by atoms with van der Waals surface area (Å²) >= 11 is 2.32. The van der Waals surface area contributed by atoms with E-state index in [-0.39, 0.29) is 0 Å². The van der Waals surface area contributed by atoms with Crippen molar-refractivity contribution in [3.63, 3.8) is 0 Å². The van der Waals surface area contributed by atoms with Gasteiger partial charge in [-0.1, -0.05) is 23.4 Å². The third-order valence-corrected chi connectivity index (χ3v) is 2.65. The summed E-state index contributed by atoms with van der Waals surface area (Å²) in [5, 5.41) is 1.14. The molecule has 0 fully saturated rings. The molecule has 0 aliphatic rings. The van der Waals surface area contributed by atoms with Gasteiger partial charge in [-0.25, -0.2) is 0 Å². The Hall–Kier alpha value is 0.167. The van der Waals surface area contributed by atoms with Crippen molar-refractivity contribution < 1.29 is 0 Å². The Bertz CT molecular complexity index is 220. The highest BCUT2D eigenvalue weighted by Crippen LogP contribution is 2.06. The van der Waals surface area contributed by atoms with E-state index in [0.717, 1.165) is 5.19 Å². The Morgan fingerprint density at radius 2 is 2.11 bits per heavy atom. The molecule has 0 aromatic heterocycles. The maximum absolute atomic E-state index is 3.44. The van der Waals surface area contributed by atoms with Crippen molar-refractivity contribution in [1.82, 2.24) is 0 Å². The lowest BCUT2D eigenvalue weighted by Crippen LogP contribution is -2.01. The lowest BCUT2D eigenvalue weighted by molar-refractivity contribution is 1.44. The van der Waals surface area contributed by atoms with Gasteiger partial charge in [0.05, 0.1) is 10.2 Å². The predicted molar refractivity (Wildman–Crippen MR) is 49.3 cm³/mol. The highest BCUT2D eigenvalue weighted by atomic mass is 127. The number of benzene rings is 1. The Morgan fingerprint density at radius 3 is 2.56 bits per heavy atom. The van der Waals surface area contributed by atoms with Gasteiger partial charge in [-0.3, -0.25) is 0 Å². The summed E-state index contributed by atoms with van der Waals surface area (Å²) in [5.74, 6) is 0. The summed E-state index contributed by atoms with van der Waals surface area (Å²) in [6.07, 6.45) is 0. The lowest BCUT2D eigenvalue weighted by atomic mass is 10.2. The van der Waals surface area contributed by atoms with E-state index >= 15 is 0 Å². The zero-order valence-electron chi connectivity index (χ0n) is 5.11. The smallest absolute Gasteiger partial charge is 0.0663 e. The molecule has 2 heteroatoms. The monoisotopic (exact) mass is 245 g/mol. The van der Waals surface area contributed by atoms with Crippen molar-refractivity contribution in [2.45, 2.75) is 6.92 Å². The molecule has 0 spiro atoms. The minimum Gasteiger partial charge on any atom is -0.0663 e. The van der Waals surface area contributed by atoms with Gasteiger partial charge in [0.1, 0.15) is 0 Å². The molecule has 0 aliphatic heterocycles. The molecule has 0 N–H and O–H groups in total. The van der Waals surface area contributed by atoms with Crippen LogP contribution >= 0.6 is 22.6 Å². The fraction of sp³-hybridized carbons (Fsp3) is 0.143. The summed E-state index contributed by atoms with van der Waals surface area (Å²) in [4.78, 5) is 0. The molecule has 0 heterocycles. The SMILES string of the molecule is Cc1ccc([Si])cc1I. The Kier molecular flexibility index (Phi) is 2.29. The maximum Gasteiger partial charge on any atom is 0.0712 e. The van der Waals surface area contributed by atoms with E-state index in [0.29, 0.717) is 0 Å². The van der Waals surface area contributed by atoms with Gasteiger partial charge < -0.3 is 0 Å². The van der Waals surface area contributed by atoms with Crippen molar-refractivity contribution in [3.8, 4) is 0 Å². The number of halogens is 1. The number of rotatable bonds is 0. The molecule has 0 nitrogen and oxygen atoms in total. The van der Waals surface area contributed by atoms with Crippen LogP contribution in [-0.4, -0.2) is 10.2 Å². The first-order valence-corrected chi connectivity index (χ1v) is 4.26. The van der Waals surface area contributed by atoms with Crippen LogP contribution < -0.4 is 5.19 Å². The fourth-order valence-corrected chi connectivity index (χ4v) is 1.63. The van der Waals surface area contributed by atoms with Gasteiger partial charge in [-0.05, 0) is 35.1 Å². The predicted octanol–water partition coefficient (Wildman–Crippen LogP) is 1.39. The van der Waals surface area contributed by atoms with E-state index in [1.807, 2.05) is 6.07 Å². The summed E-state index contributed by atoms with van der Waals surface area (Å²) in [5.41, 5.74) is 1.33. The van der Waals surface area contributed by atoms with Crippen LogP contribution in [0.1, 0.15) is 5.56 Å². The van der Waals surface area contributed by atoms with Gasteiger partial charge in [-0.2, -0.15) is 0 Å². The standard InChI is InChI=1S/C7H6ISi/c1-5-2-3-6(9)4-7(5)8/h2-4H,1H3. The molecule has 0 saturated carbocycles. The fourth-order valence-electron chi connectivity index (χ4n) is 0.593. The normalized spacial score (nSPS) is 9.67. The lowest BCUT2D eigenvalue weighted by Gasteiger charge is -1.96. The summed E-state index contributed by atoms with van der Waals surface area (Å²) in [6, 6.07) is 6.26. The topological polar surface area (TPSA) is 0 Å². The molecule has 1 rings (SSSR count). The summed E-state index contributed by atoms with van der Waals surface area (Å²) < 4.78 is 1.31. The highest BCUT2D eigenvalue weighted by molar-refractivity contribution is 14.1. The van der Waals surface area contributed by atoms with Gasteiger partial charge in [0.2, 0.25) is 0 Å². The molecule has 9 heavy (non-hydrogen) atoms. The minimum absolute atomic E-state index is 1.14. The average molecular weight is 245 g/mol. The third kappa shape index (κ3) is 1.79. The second kappa shape index (κ2) is 2.83. The van der Waals surface area contributed by atoms with E-state index in [9.17, 15) is 0 Å². The maximum atomic E-state index is 3.44. The third-order valence-electron chi connectivity index (χ3n) is 1.17. The zero-order chi connectivity index (χ0) is 6.85. The van der Waals surface area contributed by atoms with E-state index in [1.165, 1.54) is 9.13 Å². The molecule has 0 bridgehead atoms. The molecule has 0 unspecified atom stereocenters. The molecule has 45 valence electrons. The number of hydrogen-bond acceptors (Lipinski definition) is 0. The molecule has 1 aromatic carbocycles. The number of aryl methyl sites for hydroxylation is 1. The van der Waals surface area contributed by atoms with Gasteiger partial charge in [0.25, 0.3) is 0 Å². The van der Waals surface area contributed by atoms with Crippen molar-refractivity contribution in [2.24, 2.45) is 0 Å². The summed E-state index contributed by atoms with van der Waals surface area (Å²) in [6.45, 7) is 2.10. The number of hydrogen-bond donors (Lipinski definition) is 0. The first kappa shape index (κ1) is 7.28. The first-order chi connectivity index (χ1) is 4.20. The Balaban J connectivity index is 3.17. The zero-order valence-corrected chi connectivity index (χ0v) is 8.27. The quantitative estimate of drug-likeness (QED) is 0.478. The van der Waals surface area contributed by atoms with Crippen LogP contribution in [0.2, 0.25) is 0 Å². The van der Waals surface area contributed by atoms with Crippen molar-refractivity contribution in [3.05, 3.63) is 27.3 Å². The minimum atomic E-state index is 1.14. The van der Waals surface area contributed by atoms with E-state index in [4.69, 9.17) is 0 Å². The highest BCUT2D eigenvalue weighted by Gasteiger charge is 1.90. The van der Waals surface area contributed by atoms with Crippen molar-refractivity contribution in [1.29, 1.82) is 0 Å². The first-order valence-electron chi connectivity index (χ1n) is 2.68. The van der Waals surface area contributed by atoms with E-state index in [2.05, 4.69) is 51.9 Å². The van der Waals surface area contributed by atoms with Crippen LogP contribution in [0.15, 0.2) is 18.2 Å². The Morgan fingerprint density at radius 1 is 1.44 bits per heavy atom. The molecular formula is C7H6ISi. The van der Waals surface area contributed by atoms with Gasteiger partial charge in [-0.15, -0.1) is 0 Å². The van der Waals surface area contributed by atoms with Crippen LogP contribution in [0.25, 0.3) is 0 Å². The van der Waals surface area contributed by atoms with Gasteiger partial charge in [0.15, 0.2) is 0 Å². The molecule has 0 aliphatic carbocycles. The largest absolute Gasteiger partial charge is 0.0712 e. The van der Waals surface area contributed by atoms with Gasteiger partial charge in [0, 0.05) is 3.57 Å².